The Kier molecular flexibility index (Phi) is 4.80. The van der Waals surface area contributed by atoms with E-state index in [1.54, 1.807) is 0 Å². The number of aromatic nitrogens is 2. The number of nitrogens with zero attached hydrogens (tertiary/aromatic N) is 2. The van der Waals surface area contributed by atoms with E-state index in [2.05, 4.69) is 22.2 Å². The van der Waals surface area contributed by atoms with Gasteiger partial charge in [-0.3, -0.25) is 0 Å². The Morgan fingerprint density at radius 3 is 2.76 bits per heavy atom. The molecular weight excluding hydrogens is 230 g/mol. The Morgan fingerprint density at radius 2 is 2.12 bits per heavy atom. The van der Waals surface area contributed by atoms with Crippen molar-refractivity contribution in [3.63, 3.8) is 0 Å². The van der Waals surface area contributed by atoms with Crippen molar-refractivity contribution in [3.05, 3.63) is 18.0 Å². The van der Waals surface area contributed by atoms with Crippen LogP contribution < -0.4 is 5.32 Å². The Labute approximate surface area is 108 Å². The molecule has 4 heteroatoms. The van der Waals surface area contributed by atoms with Gasteiger partial charge < -0.3 is 5.32 Å². The van der Waals surface area contributed by atoms with E-state index in [4.69, 9.17) is 0 Å². The highest BCUT2D eigenvalue weighted by Crippen LogP contribution is 2.34. The smallest absolute Gasteiger partial charge is 0.187 e. The van der Waals surface area contributed by atoms with Gasteiger partial charge in [-0.05, 0) is 25.8 Å². The maximum Gasteiger partial charge on any atom is 0.187 e. The Balaban J connectivity index is 1.89. The summed E-state index contributed by atoms with van der Waals surface area (Å²) in [6.07, 6.45) is 9.23. The molecule has 0 bridgehead atoms. The highest BCUT2D eigenvalue weighted by atomic mass is 32.2. The van der Waals surface area contributed by atoms with Crippen molar-refractivity contribution in [3.8, 4) is 0 Å². The fourth-order valence-electron chi connectivity index (χ4n) is 2.33. The molecule has 0 saturated heterocycles. The first-order valence-electron chi connectivity index (χ1n) is 6.40. The molecule has 1 fully saturated rings. The molecule has 2 rings (SSSR count). The Bertz CT molecular complexity index is 339. The quantitative estimate of drug-likeness (QED) is 0.835. The maximum absolute atomic E-state index is 4.43. The monoisotopic (exact) mass is 251 g/mol. The van der Waals surface area contributed by atoms with E-state index in [1.807, 2.05) is 31.2 Å². The minimum absolute atomic E-state index is 0.717. The van der Waals surface area contributed by atoms with Crippen molar-refractivity contribution in [1.82, 2.24) is 15.3 Å². The molecule has 0 radical (unpaired) electrons. The number of hydrogen-bond donors (Lipinski definition) is 1. The van der Waals surface area contributed by atoms with Crippen LogP contribution in [0.4, 0.5) is 0 Å². The standard InChI is InChI=1S/C13H21N3S/c1-10-4-3-5-12(6-10)17-13-15-8-11(7-14-2)9-16-13/h8-10,12,14H,3-7H2,1-2H3. The molecule has 1 aromatic heterocycles. The van der Waals surface area contributed by atoms with E-state index in [0.717, 1.165) is 23.2 Å². The van der Waals surface area contributed by atoms with Gasteiger partial charge in [-0.15, -0.1) is 0 Å². The van der Waals surface area contributed by atoms with E-state index < -0.39 is 0 Å². The number of rotatable bonds is 4. The summed E-state index contributed by atoms with van der Waals surface area (Å²) in [4.78, 5) is 8.86. The van der Waals surface area contributed by atoms with Crippen LogP contribution in [0.15, 0.2) is 17.6 Å². The lowest BCUT2D eigenvalue weighted by atomic mass is 9.91. The average Bonchev–Trinajstić information content (AvgIpc) is 2.32. The zero-order chi connectivity index (χ0) is 12.1. The minimum atomic E-state index is 0.717. The molecule has 0 aromatic carbocycles. The molecule has 1 aliphatic rings. The molecule has 17 heavy (non-hydrogen) atoms. The second-order valence-electron chi connectivity index (χ2n) is 4.92. The van der Waals surface area contributed by atoms with Crippen LogP contribution in [0.25, 0.3) is 0 Å². The summed E-state index contributed by atoms with van der Waals surface area (Å²) in [5.74, 6) is 0.866. The van der Waals surface area contributed by atoms with Crippen molar-refractivity contribution >= 4 is 11.8 Å². The van der Waals surface area contributed by atoms with Crippen LogP contribution in [0.3, 0.4) is 0 Å². The second-order valence-corrected chi connectivity index (χ2v) is 6.18. The molecule has 1 aliphatic carbocycles. The third-order valence-electron chi connectivity index (χ3n) is 3.22. The van der Waals surface area contributed by atoms with Gasteiger partial charge in [0, 0.05) is 29.8 Å². The summed E-state index contributed by atoms with van der Waals surface area (Å²) in [7, 11) is 1.94. The fourth-order valence-corrected chi connectivity index (χ4v) is 3.57. The highest BCUT2D eigenvalue weighted by molar-refractivity contribution is 7.99. The number of thioether (sulfide) groups is 1. The summed E-state index contributed by atoms with van der Waals surface area (Å²) in [6.45, 7) is 3.19. The van der Waals surface area contributed by atoms with Gasteiger partial charge >= 0.3 is 0 Å². The molecule has 2 atom stereocenters. The lowest BCUT2D eigenvalue weighted by molar-refractivity contribution is 0.394. The van der Waals surface area contributed by atoms with Crippen LogP contribution in [0.5, 0.6) is 0 Å². The third-order valence-corrected chi connectivity index (χ3v) is 4.41. The van der Waals surface area contributed by atoms with E-state index in [9.17, 15) is 0 Å². The van der Waals surface area contributed by atoms with Crippen LogP contribution >= 0.6 is 11.8 Å². The van der Waals surface area contributed by atoms with E-state index in [1.165, 1.54) is 25.7 Å². The van der Waals surface area contributed by atoms with Gasteiger partial charge in [-0.25, -0.2) is 9.97 Å². The molecule has 1 saturated carbocycles. The van der Waals surface area contributed by atoms with E-state index >= 15 is 0 Å². The minimum Gasteiger partial charge on any atom is -0.316 e. The predicted octanol–water partition coefficient (Wildman–Crippen LogP) is 2.87. The van der Waals surface area contributed by atoms with Crippen molar-refractivity contribution in [2.45, 2.75) is 49.6 Å². The summed E-state index contributed by atoms with van der Waals surface area (Å²) >= 11 is 1.85. The number of nitrogens with one attached hydrogen (secondary N) is 1. The molecule has 94 valence electrons. The molecule has 1 aromatic rings. The molecular formula is C13H21N3S. The normalized spacial score (nSPS) is 24.8. The first kappa shape index (κ1) is 12.8. The lowest BCUT2D eigenvalue weighted by Gasteiger charge is -2.25. The van der Waals surface area contributed by atoms with Crippen molar-refractivity contribution in [1.29, 1.82) is 0 Å². The van der Waals surface area contributed by atoms with Crippen molar-refractivity contribution in [2.75, 3.05) is 7.05 Å². The molecule has 0 aliphatic heterocycles. The van der Waals surface area contributed by atoms with Crippen LogP contribution in [-0.4, -0.2) is 22.3 Å². The van der Waals surface area contributed by atoms with Gasteiger partial charge in [-0.1, -0.05) is 31.5 Å². The maximum atomic E-state index is 4.43. The predicted molar refractivity (Wildman–Crippen MR) is 72.1 cm³/mol. The first-order valence-corrected chi connectivity index (χ1v) is 7.28. The van der Waals surface area contributed by atoms with E-state index in [0.29, 0.717) is 5.25 Å². The Hall–Kier alpha value is -0.610. The summed E-state index contributed by atoms with van der Waals surface area (Å²) in [6, 6.07) is 0. The SMILES string of the molecule is CNCc1cnc(SC2CCCC(C)C2)nc1. The summed E-state index contributed by atoms with van der Waals surface area (Å²) in [5, 5.41) is 4.75. The Morgan fingerprint density at radius 1 is 1.35 bits per heavy atom. The van der Waals surface area contributed by atoms with Crippen LogP contribution in [0.2, 0.25) is 0 Å². The van der Waals surface area contributed by atoms with Crippen LogP contribution in [0.1, 0.15) is 38.2 Å². The van der Waals surface area contributed by atoms with E-state index in [-0.39, 0.29) is 0 Å². The molecule has 0 amide bonds. The molecule has 1 heterocycles. The van der Waals surface area contributed by atoms with Gasteiger partial charge in [0.05, 0.1) is 0 Å². The topological polar surface area (TPSA) is 37.8 Å². The zero-order valence-electron chi connectivity index (χ0n) is 10.6. The largest absolute Gasteiger partial charge is 0.316 e. The average molecular weight is 251 g/mol. The molecule has 1 N–H and O–H groups in total. The third kappa shape index (κ3) is 3.96. The second kappa shape index (κ2) is 6.36. The lowest BCUT2D eigenvalue weighted by Crippen LogP contribution is -2.15. The number of hydrogen-bond acceptors (Lipinski definition) is 4. The van der Waals surface area contributed by atoms with Gasteiger partial charge in [-0.2, -0.15) is 0 Å². The first-order chi connectivity index (χ1) is 8.28. The molecule has 0 spiro atoms. The van der Waals surface area contributed by atoms with Crippen molar-refractivity contribution < 1.29 is 0 Å². The summed E-state index contributed by atoms with van der Waals surface area (Å²) in [5.41, 5.74) is 1.15. The van der Waals surface area contributed by atoms with Crippen LogP contribution in [-0.2, 0) is 6.54 Å². The summed E-state index contributed by atoms with van der Waals surface area (Å²) < 4.78 is 0. The van der Waals surface area contributed by atoms with Gasteiger partial charge in [0.1, 0.15) is 0 Å². The molecule has 3 nitrogen and oxygen atoms in total. The molecule has 2 unspecified atom stereocenters. The highest BCUT2D eigenvalue weighted by Gasteiger charge is 2.20. The fraction of sp³-hybridized carbons (Fsp3) is 0.692. The van der Waals surface area contributed by atoms with Gasteiger partial charge in [0.2, 0.25) is 0 Å². The van der Waals surface area contributed by atoms with Crippen LogP contribution in [0, 0.1) is 5.92 Å². The zero-order valence-corrected chi connectivity index (χ0v) is 11.5. The van der Waals surface area contributed by atoms with Gasteiger partial charge in [0.25, 0.3) is 0 Å². The van der Waals surface area contributed by atoms with Gasteiger partial charge in [0.15, 0.2) is 5.16 Å². The van der Waals surface area contributed by atoms with Crippen molar-refractivity contribution in [2.24, 2.45) is 5.92 Å².